The molecule has 690 valence electrons. The Balaban J connectivity index is 0.000000197. The van der Waals surface area contributed by atoms with Crippen LogP contribution in [0.4, 0.5) is 53.5 Å². The average molecular weight is 1890 g/mol. The molecule has 12 aromatic rings. The first-order valence-electron chi connectivity index (χ1n) is 39.2. The molecule has 0 radical (unpaired) electrons. The number of ether oxygens (including phenoxy) is 8. The molecule has 0 saturated heterocycles. The van der Waals surface area contributed by atoms with Gasteiger partial charge in [-0.25, -0.2) is 57.2 Å². The molecule has 0 fully saturated rings. The SMILES string of the molecule is CC(C)c1ccc(S(=O)(=O)Nc2ccc(OCCOc3ccc(C(=O)O)cc3)cc2)cc1.CCCc1ccc(S(=O)(=O)Nc2ccc(OCCOc3ccc(C(=O)O)cc3)cc2)cc1.O=C(O)c1ccc(OCCOc2ccc(NS(=O)(=O)c3cc(C(F)(F)F)cc(C(F)(F)F)c3)cc2)cc1.O=C(O)c1ccc(OCCOc2ccc(NS(=O)(=O)c3cccc(F)c3)cc2)cc1. The Morgan fingerprint density at radius 1 is 0.305 bits per heavy atom. The van der Waals surface area contributed by atoms with Crippen molar-refractivity contribution in [2.24, 2.45) is 0 Å². The van der Waals surface area contributed by atoms with Crippen molar-refractivity contribution < 1.29 is 142 Å². The van der Waals surface area contributed by atoms with Gasteiger partial charge in [-0.2, -0.15) is 26.3 Å². The van der Waals surface area contributed by atoms with Crippen molar-refractivity contribution in [1.82, 2.24) is 0 Å². The predicted molar refractivity (Wildman–Crippen MR) is 470 cm³/mol. The molecule has 28 nitrogen and oxygen atoms in total. The molecule has 8 N–H and O–H groups in total. The van der Waals surface area contributed by atoms with Crippen molar-refractivity contribution >= 4 is 86.7 Å². The summed E-state index contributed by atoms with van der Waals surface area (Å²) < 4.78 is 245. The molecule has 12 aromatic carbocycles. The van der Waals surface area contributed by atoms with Crippen LogP contribution < -0.4 is 56.8 Å². The lowest BCUT2D eigenvalue weighted by molar-refractivity contribution is -0.143. The third-order valence-corrected chi connectivity index (χ3v) is 23.5. The highest BCUT2D eigenvalue weighted by Gasteiger charge is 2.39. The lowest BCUT2D eigenvalue weighted by Gasteiger charge is -2.15. The zero-order valence-corrected chi connectivity index (χ0v) is 72.8. The van der Waals surface area contributed by atoms with Gasteiger partial charge in [0.05, 0.1) is 53.0 Å². The van der Waals surface area contributed by atoms with Crippen molar-refractivity contribution in [2.45, 2.75) is 71.5 Å². The smallest absolute Gasteiger partial charge is 0.416 e. The molecule has 0 aliphatic carbocycles. The van der Waals surface area contributed by atoms with Crippen molar-refractivity contribution in [2.75, 3.05) is 71.7 Å². The summed E-state index contributed by atoms with van der Waals surface area (Å²) in [4.78, 5) is 42.3. The van der Waals surface area contributed by atoms with E-state index in [0.29, 0.717) is 63.2 Å². The van der Waals surface area contributed by atoms with Crippen LogP contribution in [0.25, 0.3) is 0 Å². The van der Waals surface area contributed by atoms with E-state index in [1.807, 2.05) is 29.0 Å². The maximum absolute atomic E-state index is 13.3. The summed E-state index contributed by atoms with van der Waals surface area (Å²) in [5, 5.41) is 35.5. The molecule has 0 heterocycles. The van der Waals surface area contributed by atoms with E-state index in [0.717, 1.165) is 30.0 Å². The fraction of sp³-hybridized carbons (Fsp3) is 0.174. The molecule has 39 heteroatoms. The second-order valence-corrected chi connectivity index (χ2v) is 34.7. The molecule has 0 aromatic heterocycles. The van der Waals surface area contributed by atoms with Gasteiger partial charge in [-0.05, 0) is 278 Å². The Labute approximate surface area is 749 Å². The molecule has 0 atom stereocenters. The van der Waals surface area contributed by atoms with Gasteiger partial charge in [-0.1, -0.05) is 57.5 Å². The van der Waals surface area contributed by atoms with Crippen molar-refractivity contribution in [3.63, 3.8) is 0 Å². The number of anilines is 4. The van der Waals surface area contributed by atoms with Crippen molar-refractivity contribution in [1.29, 1.82) is 0 Å². The number of aryl methyl sites for hydroxylation is 1. The molecular formula is C92H85F7N4O24S4. The van der Waals surface area contributed by atoms with E-state index in [-0.39, 0.29) is 119 Å². The fourth-order valence-electron chi connectivity index (χ4n) is 11.3. The first-order valence-corrected chi connectivity index (χ1v) is 45.1. The standard InChI is InChI=1S/2C24H25NO6S.C23H17F6NO6S.C21H18FNO6S/c1-17(2)18-5-13-23(14-6-18)32(28,29)25-20-7-11-22(12-8-20)31-16-15-30-21-9-3-19(4-10-21)24(26)27;1-2-3-18-4-14-23(15-5-18)32(28,29)25-20-8-12-22(13-9-20)31-17-16-30-21-10-6-19(7-11-21)24(26)27;24-22(25,26)15-11-16(23(27,28)29)13-20(12-15)37(33,34)30-17-3-7-19(8-4-17)36-10-9-35-18-5-1-14(2-6-18)21(31)32;22-16-2-1-3-20(14-16)30(26,27)23-17-6-10-19(11-7-17)29-13-12-28-18-8-4-15(5-9-18)21(24)25/h3-14,17,25H,15-16H2,1-2H3,(H,26,27);4-15,25H,2-3,16-17H2,1H3,(H,26,27);1-8,11-13,30H,9-10H2,(H,31,32);1-11,14,23H,12-13H2,(H,24,25). The number of sulfonamides is 4. The van der Waals surface area contributed by atoms with Crippen LogP contribution in [0.3, 0.4) is 0 Å². The van der Waals surface area contributed by atoms with Gasteiger partial charge < -0.3 is 58.3 Å². The number of hydrogen-bond donors (Lipinski definition) is 8. The number of nitrogens with one attached hydrogen (secondary N) is 4. The predicted octanol–water partition coefficient (Wildman–Crippen LogP) is 18.8. The van der Waals surface area contributed by atoms with Gasteiger partial charge in [0.15, 0.2) is 0 Å². The second kappa shape index (κ2) is 46.4. The van der Waals surface area contributed by atoms with Crippen LogP contribution in [0.1, 0.15) is 96.8 Å². The number of benzene rings is 12. The third kappa shape index (κ3) is 32.3. The third-order valence-electron chi connectivity index (χ3n) is 17.9. The summed E-state index contributed by atoms with van der Waals surface area (Å²) in [7, 11) is -16.0. The van der Waals surface area contributed by atoms with E-state index in [1.54, 1.807) is 121 Å². The van der Waals surface area contributed by atoms with E-state index in [2.05, 4.69) is 34.9 Å². The monoisotopic (exact) mass is 1890 g/mol. The van der Waals surface area contributed by atoms with E-state index in [4.69, 9.17) is 58.3 Å². The Bertz CT molecular complexity index is 6250. The molecule has 0 aliphatic heterocycles. The van der Waals surface area contributed by atoms with Gasteiger partial charge in [-0.15, -0.1) is 0 Å². The minimum absolute atomic E-state index is 0.0518. The molecule has 131 heavy (non-hydrogen) atoms. The molecule has 0 spiro atoms. The number of aromatic carboxylic acids is 4. The number of carboxylic acids is 4. The van der Waals surface area contributed by atoms with E-state index in [9.17, 15) is 83.6 Å². The first kappa shape index (κ1) is 100. The largest absolute Gasteiger partial charge is 0.490 e. The number of carbonyl (C=O) groups is 4. The summed E-state index contributed by atoms with van der Waals surface area (Å²) in [6.07, 6.45) is -8.48. The highest BCUT2D eigenvalue weighted by Crippen LogP contribution is 2.38. The van der Waals surface area contributed by atoms with Crippen LogP contribution in [-0.2, 0) is 58.9 Å². The normalized spacial score (nSPS) is 11.4. The van der Waals surface area contributed by atoms with Crippen LogP contribution in [0, 0.1) is 5.82 Å². The van der Waals surface area contributed by atoms with Crippen LogP contribution in [0.5, 0.6) is 46.0 Å². The lowest BCUT2D eigenvalue weighted by atomic mass is 10.0. The Morgan fingerprint density at radius 3 is 0.771 bits per heavy atom. The van der Waals surface area contributed by atoms with Gasteiger partial charge in [-0.3, -0.25) is 18.9 Å². The fourth-order valence-corrected chi connectivity index (χ4v) is 15.6. The summed E-state index contributed by atoms with van der Waals surface area (Å²) in [6.45, 7) is 7.87. The number of halogens is 7. The van der Waals surface area contributed by atoms with E-state index < -0.39 is 98.2 Å². The molecule has 0 amide bonds. The maximum Gasteiger partial charge on any atom is 0.416 e. The molecule has 0 saturated carbocycles. The minimum atomic E-state index is -5.20. The topological polar surface area (TPSA) is 408 Å². The quantitative estimate of drug-likeness (QED) is 0.0131. The maximum atomic E-state index is 13.3. The Hall–Kier alpha value is -14.6. The van der Waals surface area contributed by atoms with Crippen LogP contribution in [0.15, 0.2) is 305 Å². The Kier molecular flexibility index (Phi) is 35.5. The summed E-state index contributed by atoms with van der Waals surface area (Å²) in [6, 6.07) is 66.9. The average Bonchev–Trinajstić information content (AvgIpc) is 0.709. The van der Waals surface area contributed by atoms with Crippen LogP contribution >= 0.6 is 0 Å². The zero-order valence-electron chi connectivity index (χ0n) is 69.5. The number of alkyl halides is 6. The number of hydrogen-bond acceptors (Lipinski definition) is 20. The highest BCUT2D eigenvalue weighted by atomic mass is 32.2. The lowest BCUT2D eigenvalue weighted by Crippen LogP contribution is -2.17. The van der Waals surface area contributed by atoms with Crippen molar-refractivity contribution in [3.8, 4) is 46.0 Å². The van der Waals surface area contributed by atoms with Crippen LogP contribution in [0.2, 0.25) is 0 Å². The van der Waals surface area contributed by atoms with Gasteiger partial charge >= 0.3 is 36.2 Å². The number of rotatable bonds is 39. The van der Waals surface area contributed by atoms with E-state index in [1.165, 1.54) is 115 Å². The number of carboxylic acid groups (broad SMARTS) is 4. The highest BCUT2D eigenvalue weighted by molar-refractivity contribution is 7.93. The summed E-state index contributed by atoms with van der Waals surface area (Å²) in [5.41, 5.74) is 0.354. The van der Waals surface area contributed by atoms with Crippen LogP contribution in [-0.4, -0.2) is 131 Å². The second-order valence-electron chi connectivity index (χ2n) is 27.9. The minimum Gasteiger partial charge on any atom is -0.490 e. The van der Waals surface area contributed by atoms with Gasteiger partial charge in [0.25, 0.3) is 40.1 Å². The first-order chi connectivity index (χ1) is 62.1. The Morgan fingerprint density at radius 2 is 0.542 bits per heavy atom. The molecule has 0 bridgehead atoms. The summed E-state index contributed by atoms with van der Waals surface area (Å²) >= 11 is 0. The molecule has 0 aliphatic rings. The zero-order chi connectivity index (χ0) is 95.1. The molecular weight excluding hydrogens is 1810 g/mol. The summed E-state index contributed by atoms with van der Waals surface area (Å²) in [5.74, 6) is -0.446. The van der Waals surface area contributed by atoms with Gasteiger partial charge in [0.1, 0.15) is 105 Å². The van der Waals surface area contributed by atoms with Gasteiger partial charge in [0, 0.05) is 22.7 Å². The van der Waals surface area contributed by atoms with Gasteiger partial charge in [0.2, 0.25) is 0 Å². The van der Waals surface area contributed by atoms with E-state index >= 15 is 0 Å². The van der Waals surface area contributed by atoms with Crippen molar-refractivity contribution in [3.05, 3.63) is 335 Å². The molecule has 12 rings (SSSR count). The molecule has 0 unspecified atom stereocenters.